The second-order valence-corrected chi connectivity index (χ2v) is 14.3. The number of carbonyl (C=O) groups excluding carboxylic acids is 1. The van der Waals surface area contributed by atoms with Crippen LogP contribution in [0.15, 0.2) is 36.7 Å². The Morgan fingerprint density at radius 3 is 2.35 bits per heavy atom. The minimum absolute atomic E-state index is 0.0225. The Hall–Kier alpha value is -3.02. The molecule has 48 heavy (non-hydrogen) atoms. The van der Waals surface area contributed by atoms with E-state index in [1.165, 1.54) is 17.0 Å². The monoisotopic (exact) mass is 743 g/mol. The summed E-state index contributed by atoms with van der Waals surface area (Å²) in [6.07, 6.45) is -4.54. The molecule has 27 heteroatoms. The van der Waals surface area contributed by atoms with Gasteiger partial charge in [0, 0.05) is 6.42 Å². The number of fused-ring (bicyclic) bond motifs is 1. The smallest absolute Gasteiger partial charge is 0.439 e. The molecule has 0 spiro atoms. The molecule has 2 aromatic rings. The second kappa shape index (κ2) is 13.7. The Morgan fingerprint density at radius 1 is 1.04 bits per heavy atom. The highest BCUT2D eigenvalue weighted by atomic mass is 31.3. The number of hydrogen-bond donors (Lipinski definition) is 2. The summed E-state index contributed by atoms with van der Waals surface area (Å²) in [7, 11) is -17.3. The molecule has 2 fully saturated rings. The number of amides is 1. The van der Waals surface area contributed by atoms with Crippen molar-refractivity contribution in [2.24, 2.45) is 5.73 Å². The fraction of sp³-hybridized carbons (Fsp3) is 0.476. The average molecular weight is 743 g/mol. The first-order chi connectivity index (χ1) is 22.4. The van der Waals surface area contributed by atoms with E-state index < -0.39 is 85.4 Å². The Balaban J connectivity index is 1.22. The molecule has 6 unspecified atom stereocenters. The number of carbonyl (C=O) groups is 1. The molecular formula is C21H28N7O17P3. The molecule has 0 aromatic carbocycles. The number of phosphoric ester groups is 3. The van der Waals surface area contributed by atoms with Crippen molar-refractivity contribution >= 4 is 52.3 Å². The van der Waals surface area contributed by atoms with E-state index in [-0.39, 0.29) is 34.9 Å². The maximum absolute atomic E-state index is 12.4. The summed E-state index contributed by atoms with van der Waals surface area (Å²) in [6.45, 7) is -2.09. The molecule has 0 aliphatic carbocycles. The van der Waals surface area contributed by atoms with E-state index in [9.17, 15) is 38.1 Å². The Morgan fingerprint density at radius 2 is 1.71 bits per heavy atom. The maximum Gasteiger partial charge on any atom is 0.439 e. The number of ether oxygens (including phenoxy) is 2. The van der Waals surface area contributed by atoms with E-state index in [2.05, 4.69) is 32.8 Å². The van der Waals surface area contributed by atoms with Gasteiger partial charge in [-0.2, -0.15) is 0 Å². The third-order valence-corrected chi connectivity index (χ3v) is 10.1. The predicted molar refractivity (Wildman–Crippen MR) is 148 cm³/mol. The van der Waals surface area contributed by atoms with Crippen molar-refractivity contribution in [1.29, 1.82) is 0 Å². The molecule has 0 radical (unpaired) electrons. The number of aromatic nitrogens is 4. The molecule has 2 saturated heterocycles. The van der Waals surface area contributed by atoms with Gasteiger partial charge in [-0.1, -0.05) is 0 Å². The van der Waals surface area contributed by atoms with Crippen LogP contribution in [0.2, 0.25) is 0 Å². The van der Waals surface area contributed by atoms with E-state index in [0.717, 1.165) is 17.2 Å². The zero-order chi connectivity index (χ0) is 35.2. The summed E-state index contributed by atoms with van der Waals surface area (Å²) >= 11 is 0. The molecule has 3 aliphatic rings. The molecule has 5 rings (SSSR count). The van der Waals surface area contributed by atoms with Gasteiger partial charge in [-0.3, -0.25) is 18.5 Å². The molecule has 0 bridgehead atoms. The van der Waals surface area contributed by atoms with Crippen molar-refractivity contribution in [3.63, 3.8) is 0 Å². The summed E-state index contributed by atoms with van der Waals surface area (Å²) in [5, 5.41) is 24.7. The first-order valence-electron chi connectivity index (χ1n) is 13.4. The number of rotatable bonds is 12. The number of primary amides is 1. The van der Waals surface area contributed by atoms with Crippen molar-refractivity contribution in [2.45, 2.75) is 49.3 Å². The zero-order valence-electron chi connectivity index (χ0n) is 24.0. The van der Waals surface area contributed by atoms with Gasteiger partial charge in [0.2, 0.25) is 12.2 Å². The van der Waals surface area contributed by atoms with Gasteiger partial charge < -0.3 is 74.0 Å². The quantitative estimate of drug-likeness (QED) is 0.116. The average Bonchev–Trinajstić information content (AvgIpc) is 3.64. The van der Waals surface area contributed by atoms with E-state index in [0.29, 0.717) is 0 Å². The number of hydrogen-bond acceptors (Lipinski definition) is 18. The fourth-order valence-corrected chi connectivity index (χ4v) is 7.36. The van der Waals surface area contributed by atoms with Crippen molar-refractivity contribution in [1.82, 2.24) is 19.5 Å². The van der Waals surface area contributed by atoms with Crippen molar-refractivity contribution in [3.05, 3.63) is 36.7 Å². The van der Waals surface area contributed by atoms with Gasteiger partial charge >= 0.3 is 12.0 Å². The summed E-state index contributed by atoms with van der Waals surface area (Å²) in [6, 6.07) is 0. The standard InChI is InChI=1S/C21H28N7O17P3/c22-17-12-19(25-7-24-17)28(8-26-12)21-16(44-46(33,34)35)14(30)11(43-21)6-41-48(38,39)45-47(36,37)40-5-10-13(29)15(31)20(42-10)27-3-1-2-9(4-27)18(23)32/h1,3-4,7-8,10-11,13-16,21,29-31H,2,5-6H2,(H7-,22,23,24,25,32,33,34,35,36,37,38,39)/t10?,11-,13?,14+,15?,16?,21-/m1/s1. The Kier molecular flexibility index (Phi) is 10.4. The molecule has 9 atom stereocenters. The Labute approximate surface area is 267 Å². The minimum atomic E-state index is -5.81. The van der Waals surface area contributed by atoms with Gasteiger partial charge in [-0.15, -0.1) is 4.58 Å². The summed E-state index contributed by atoms with van der Waals surface area (Å²) in [5.41, 5.74) is 11.2. The SMILES string of the molecule is NC(=O)C1=C[N+](=C2OC(COP(=O)([O-])OP(=O)([O-])OC[C@H]3O[C@@H](n4cnc5c(N)ncnc54)C(OP(=O)([O-])[O-])[C@H]3[OH2+])C([OH2+])C2[OH2+])C=CC1. The first-order valence-corrected chi connectivity index (χ1v) is 17.8. The van der Waals surface area contributed by atoms with Gasteiger partial charge in [0.15, 0.2) is 42.3 Å². The van der Waals surface area contributed by atoms with Gasteiger partial charge in [0.1, 0.15) is 18.5 Å². The van der Waals surface area contributed by atoms with E-state index >= 15 is 0 Å². The highest BCUT2D eigenvalue weighted by molar-refractivity contribution is 7.59. The lowest BCUT2D eigenvalue weighted by atomic mass is 10.1. The number of nitrogens with zero attached hydrogens (tertiary/aromatic N) is 5. The van der Waals surface area contributed by atoms with Gasteiger partial charge in [0.25, 0.3) is 27.7 Å². The maximum atomic E-state index is 12.4. The molecular weight excluding hydrogens is 715 g/mol. The topological polar surface area (TPSA) is 383 Å². The van der Waals surface area contributed by atoms with Crippen LogP contribution in [0, 0.1) is 0 Å². The van der Waals surface area contributed by atoms with Crippen molar-refractivity contribution in [2.75, 3.05) is 18.9 Å². The van der Waals surface area contributed by atoms with Gasteiger partial charge in [0.05, 0.1) is 26.3 Å². The first kappa shape index (κ1) is 36.3. The Bertz CT molecular complexity index is 1810. The lowest BCUT2D eigenvalue weighted by Gasteiger charge is -2.33. The normalized spacial score (nSPS) is 31.7. The van der Waals surface area contributed by atoms with Crippen molar-refractivity contribution in [3.8, 4) is 0 Å². The highest BCUT2D eigenvalue weighted by Gasteiger charge is 2.55. The minimum Gasteiger partial charge on any atom is -0.790 e. The van der Waals surface area contributed by atoms with Crippen LogP contribution >= 0.6 is 23.5 Å². The number of phosphoric acid groups is 3. The largest absolute Gasteiger partial charge is 0.790 e. The van der Waals surface area contributed by atoms with Crippen LogP contribution in [0.1, 0.15) is 12.6 Å². The van der Waals surface area contributed by atoms with Crippen LogP contribution in [0.25, 0.3) is 11.2 Å². The van der Waals surface area contributed by atoms with E-state index in [1.54, 1.807) is 6.08 Å². The third kappa shape index (κ3) is 8.05. The van der Waals surface area contributed by atoms with Gasteiger partial charge in [-0.25, -0.2) is 19.3 Å². The number of imidazole rings is 1. The summed E-state index contributed by atoms with van der Waals surface area (Å²) in [5.74, 6) is -0.950. The van der Waals surface area contributed by atoms with Crippen LogP contribution in [0.5, 0.6) is 0 Å². The van der Waals surface area contributed by atoms with Crippen LogP contribution in [0.3, 0.4) is 0 Å². The van der Waals surface area contributed by atoms with Crippen molar-refractivity contribution < 1.29 is 85.3 Å². The van der Waals surface area contributed by atoms with Crippen LogP contribution < -0.4 is 31.0 Å². The molecule has 0 saturated carbocycles. The van der Waals surface area contributed by atoms with Gasteiger partial charge in [-0.05, 0) is 6.08 Å². The van der Waals surface area contributed by atoms with E-state index in [4.69, 9.17) is 36.3 Å². The third-order valence-electron chi connectivity index (χ3n) is 7.02. The predicted octanol–water partition coefficient (Wildman–Crippen LogP) is -6.12. The zero-order valence-corrected chi connectivity index (χ0v) is 26.7. The lowest BCUT2D eigenvalue weighted by molar-refractivity contribution is -0.396. The number of anilines is 1. The lowest BCUT2D eigenvalue weighted by Crippen LogP contribution is -2.37. The number of allylic oxidation sites excluding steroid dienone is 1. The molecule has 5 heterocycles. The number of nitrogen functional groups attached to an aromatic ring is 1. The van der Waals surface area contributed by atoms with Crippen LogP contribution in [-0.2, 0) is 45.8 Å². The molecule has 2 aromatic heterocycles. The summed E-state index contributed by atoms with van der Waals surface area (Å²) in [4.78, 5) is 70.9. The second-order valence-electron chi connectivity index (χ2n) is 10.3. The fourth-order valence-electron chi connectivity index (χ4n) is 4.81. The molecule has 24 nitrogen and oxygen atoms in total. The molecule has 1 amide bonds. The highest BCUT2D eigenvalue weighted by Crippen LogP contribution is 2.56. The van der Waals surface area contributed by atoms with Crippen LogP contribution in [0.4, 0.5) is 5.82 Å². The molecule has 264 valence electrons. The van der Waals surface area contributed by atoms with Crippen LogP contribution in [-0.4, -0.2) is 101 Å². The molecule has 3 aliphatic heterocycles. The molecule has 10 N–H and O–H groups in total. The summed E-state index contributed by atoms with van der Waals surface area (Å²) < 4.78 is 67.3. The number of nitrogens with two attached hydrogens (primary N) is 2. The van der Waals surface area contributed by atoms with E-state index in [1.807, 2.05) is 0 Å².